The minimum absolute atomic E-state index is 0.0209. The second kappa shape index (κ2) is 4.45. The lowest BCUT2D eigenvalue weighted by Crippen LogP contribution is -2.48. The fourth-order valence-corrected chi connectivity index (χ4v) is 1.64. The van der Waals surface area contributed by atoms with Crippen molar-refractivity contribution < 1.29 is 14.3 Å². The van der Waals surface area contributed by atoms with Crippen molar-refractivity contribution in [2.75, 3.05) is 11.4 Å². The van der Waals surface area contributed by atoms with E-state index < -0.39 is 5.97 Å². The molecule has 0 fully saturated rings. The number of benzene rings is 1. The summed E-state index contributed by atoms with van der Waals surface area (Å²) in [5.74, 6) is -0.00902. The summed E-state index contributed by atoms with van der Waals surface area (Å²) in [5.41, 5.74) is 0.616. The summed E-state index contributed by atoms with van der Waals surface area (Å²) in [5, 5.41) is 2.75. The van der Waals surface area contributed by atoms with E-state index in [1.54, 1.807) is 24.3 Å². The van der Waals surface area contributed by atoms with Crippen molar-refractivity contribution in [2.24, 2.45) is 0 Å². The van der Waals surface area contributed by atoms with Crippen LogP contribution in [0, 0.1) is 0 Å². The molecule has 1 aliphatic heterocycles. The molecule has 0 aromatic heterocycles. The Morgan fingerprint density at radius 3 is 2.82 bits per heavy atom. The number of amides is 2. The van der Waals surface area contributed by atoms with Gasteiger partial charge in [-0.15, -0.1) is 0 Å². The number of carbonyl (C=O) groups excluding carboxylic acids is 2. The lowest BCUT2D eigenvalue weighted by Gasteiger charge is -2.28. The molecule has 1 aromatic carbocycles. The van der Waals surface area contributed by atoms with E-state index in [0.717, 1.165) is 0 Å². The molecule has 17 heavy (non-hydrogen) atoms. The molecule has 0 radical (unpaired) electrons. The molecule has 0 unspecified atom stereocenters. The molecule has 1 aliphatic rings. The molecule has 0 bridgehead atoms. The van der Waals surface area contributed by atoms with Crippen LogP contribution in [0.2, 0.25) is 0 Å². The number of hydrogen-bond donors (Lipinski definition) is 1. The zero-order chi connectivity index (χ0) is 12.4. The van der Waals surface area contributed by atoms with Crippen molar-refractivity contribution in [3.8, 4) is 5.75 Å². The Morgan fingerprint density at radius 2 is 2.12 bits per heavy atom. The zero-order valence-electron chi connectivity index (χ0n) is 9.77. The molecule has 5 nitrogen and oxygen atoms in total. The summed E-state index contributed by atoms with van der Waals surface area (Å²) in [7, 11) is 0. The van der Waals surface area contributed by atoms with Gasteiger partial charge in [-0.05, 0) is 26.0 Å². The van der Waals surface area contributed by atoms with Crippen LogP contribution in [0.4, 0.5) is 10.5 Å². The van der Waals surface area contributed by atoms with E-state index in [1.807, 2.05) is 13.8 Å². The third-order valence-electron chi connectivity index (χ3n) is 2.32. The zero-order valence-corrected chi connectivity index (χ0v) is 9.77. The van der Waals surface area contributed by atoms with Crippen molar-refractivity contribution >= 4 is 17.7 Å². The lowest BCUT2D eigenvalue weighted by atomic mass is 10.2. The smallest absolute Gasteiger partial charge is 0.331 e. The van der Waals surface area contributed by atoms with Gasteiger partial charge in [0.05, 0.1) is 5.69 Å². The molecule has 0 saturated carbocycles. The number of hydrogen-bond acceptors (Lipinski definition) is 3. The van der Waals surface area contributed by atoms with Gasteiger partial charge >= 0.3 is 12.0 Å². The van der Waals surface area contributed by atoms with Crippen LogP contribution in [0.1, 0.15) is 13.8 Å². The van der Waals surface area contributed by atoms with Crippen molar-refractivity contribution in [2.45, 2.75) is 19.9 Å². The maximum atomic E-state index is 11.9. The molecule has 0 atom stereocenters. The summed E-state index contributed by atoms with van der Waals surface area (Å²) in [4.78, 5) is 24.7. The summed E-state index contributed by atoms with van der Waals surface area (Å²) in [6.07, 6.45) is 0. The highest BCUT2D eigenvalue weighted by molar-refractivity contribution is 6.00. The number of esters is 1. The second-order valence-electron chi connectivity index (χ2n) is 4.13. The van der Waals surface area contributed by atoms with Crippen LogP contribution < -0.4 is 15.0 Å². The average molecular weight is 234 g/mol. The van der Waals surface area contributed by atoms with Crippen LogP contribution >= 0.6 is 0 Å². The Balaban J connectivity index is 2.29. The molecule has 5 heteroatoms. The van der Waals surface area contributed by atoms with Crippen molar-refractivity contribution in [3.63, 3.8) is 0 Å². The highest BCUT2D eigenvalue weighted by Gasteiger charge is 2.28. The molecule has 2 amide bonds. The van der Waals surface area contributed by atoms with Crippen molar-refractivity contribution in [1.29, 1.82) is 0 Å². The minimum atomic E-state index is -0.428. The predicted octanol–water partition coefficient (Wildman–Crippen LogP) is 1.53. The van der Waals surface area contributed by atoms with Gasteiger partial charge in [0, 0.05) is 6.04 Å². The highest BCUT2D eigenvalue weighted by atomic mass is 16.5. The fraction of sp³-hybridized carbons (Fsp3) is 0.333. The average Bonchev–Trinajstić information content (AvgIpc) is 2.26. The Morgan fingerprint density at radius 1 is 1.41 bits per heavy atom. The first kappa shape index (κ1) is 11.4. The molecular weight excluding hydrogens is 220 g/mol. The van der Waals surface area contributed by atoms with Gasteiger partial charge in [-0.2, -0.15) is 0 Å². The maximum Gasteiger partial charge on any atom is 0.331 e. The largest absolute Gasteiger partial charge is 0.423 e. The van der Waals surface area contributed by atoms with E-state index in [4.69, 9.17) is 4.74 Å². The predicted molar refractivity (Wildman–Crippen MR) is 63.1 cm³/mol. The molecular formula is C12H14N2O3. The van der Waals surface area contributed by atoms with Crippen molar-refractivity contribution in [3.05, 3.63) is 24.3 Å². The SMILES string of the molecule is CC(C)NC(=O)N1CC(=O)Oc2ccccc21. The van der Waals surface area contributed by atoms with Crippen LogP contribution in [-0.2, 0) is 4.79 Å². The van der Waals surface area contributed by atoms with E-state index in [0.29, 0.717) is 11.4 Å². The van der Waals surface area contributed by atoms with Crippen LogP contribution in [0.25, 0.3) is 0 Å². The number of anilines is 1. The van der Waals surface area contributed by atoms with Crippen molar-refractivity contribution in [1.82, 2.24) is 5.32 Å². The first-order valence-corrected chi connectivity index (χ1v) is 5.45. The fourth-order valence-electron chi connectivity index (χ4n) is 1.64. The van der Waals surface area contributed by atoms with Gasteiger partial charge in [0.2, 0.25) is 0 Å². The van der Waals surface area contributed by atoms with Gasteiger partial charge in [0.1, 0.15) is 6.54 Å². The normalized spacial score (nSPS) is 14.3. The lowest BCUT2D eigenvalue weighted by molar-refractivity contribution is -0.133. The number of nitrogens with one attached hydrogen (secondary N) is 1. The number of carbonyl (C=O) groups is 2. The quantitative estimate of drug-likeness (QED) is 0.592. The maximum absolute atomic E-state index is 11.9. The molecule has 1 heterocycles. The van der Waals surface area contributed by atoms with Gasteiger partial charge in [0.15, 0.2) is 5.75 Å². The molecule has 90 valence electrons. The minimum Gasteiger partial charge on any atom is -0.423 e. The van der Waals surface area contributed by atoms with Gasteiger partial charge in [-0.3, -0.25) is 4.90 Å². The Bertz CT molecular complexity index is 457. The molecule has 0 spiro atoms. The molecule has 1 aromatic rings. The van der Waals surface area contributed by atoms with E-state index in [1.165, 1.54) is 4.90 Å². The Labute approximate surface area is 99.4 Å². The van der Waals surface area contributed by atoms with Gasteiger partial charge < -0.3 is 10.1 Å². The summed E-state index contributed by atoms with van der Waals surface area (Å²) >= 11 is 0. The van der Waals surface area contributed by atoms with Crippen LogP contribution in [0.15, 0.2) is 24.3 Å². The number of fused-ring (bicyclic) bond motifs is 1. The van der Waals surface area contributed by atoms with Crippen LogP contribution in [0.3, 0.4) is 0 Å². The standard InChI is InChI=1S/C12H14N2O3/c1-8(2)13-12(16)14-7-11(15)17-10-6-4-3-5-9(10)14/h3-6,8H,7H2,1-2H3,(H,13,16). The summed E-state index contributed by atoms with van der Waals surface area (Å²) < 4.78 is 5.06. The Kier molecular flexibility index (Phi) is 2.99. The number of ether oxygens (including phenoxy) is 1. The van der Waals surface area contributed by atoms with Gasteiger partial charge in [-0.25, -0.2) is 9.59 Å². The molecule has 1 N–H and O–H groups in total. The first-order chi connectivity index (χ1) is 8.08. The summed E-state index contributed by atoms with van der Waals surface area (Å²) in [6, 6.07) is 6.71. The van der Waals surface area contributed by atoms with E-state index in [-0.39, 0.29) is 18.6 Å². The number of urea groups is 1. The topological polar surface area (TPSA) is 58.6 Å². The second-order valence-corrected chi connectivity index (χ2v) is 4.13. The first-order valence-electron chi connectivity index (χ1n) is 5.45. The van der Waals surface area contributed by atoms with Gasteiger partial charge in [-0.1, -0.05) is 12.1 Å². The third kappa shape index (κ3) is 2.38. The highest BCUT2D eigenvalue weighted by Crippen LogP contribution is 2.31. The van der Waals surface area contributed by atoms with E-state index >= 15 is 0 Å². The van der Waals surface area contributed by atoms with Gasteiger partial charge in [0.25, 0.3) is 0 Å². The third-order valence-corrected chi connectivity index (χ3v) is 2.32. The Hall–Kier alpha value is -2.04. The molecule has 0 aliphatic carbocycles. The van der Waals surface area contributed by atoms with Crippen LogP contribution in [0.5, 0.6) is 5.75 Å². The monoisotopic (exact) mass is 234 g/mol. The summed E-state index contributed by atoms with van der Waals surface area (Å²) in [6.45, 7) is 3.67. The number of para-hydroxylation sites is 2. The molecule has 2 rings (SSSR count). The van der Waals surface area contributed by atoms with E-state index in [9.17, 15) is 9.59 Å². The number of nitrogens with zero attached hydrogens (tertiary/aromatic N) is 1. The number of rotatable bonds is 1. The molecule has 0 saturated heterocycles. The van der Waals surface area contributed by atoms with E-state index in [2.05, 4.69) is 5.32 Å². The van der Waals surface area contributed by atoms with Crippen LogP contribution in [-0.4, -0.2) is 24.6 Å².